The second-order valence-electron chi connectivity index (χ2n) is 5.89. The monoisotopic (exact) mass is 388 g/mol. The highest BCUT2D eigenvalue weighted by Gasteiger charge is 2.35. The van der Waals surface area contributed by atoms with E-state index in [0.717, 1.165) is 4.90 Å². The molecule has 140 valence electrons. The standard InChI is InChI=1S/C18H17ClN4O4/c1-3-27-14(24)10-22(2)15-11(8-20-18(19)21-15)9-23-16(25)12-6-4-5-7-13(12)17(23)26/h4-8H,3,9-10H2,1-2H3. The maximum atomic E-state index is 12.6. The molecular formula is C18H17ClN4O4. The molecular weight excluding hydrogens is 372 g/mol. The Kier molecular flexibility index (Phi) is 5.36. The number of hydrogen-bond acceptors (Lipinski definition) is 7. The molecule has 0 N–H and O–H groups in total. The van der Waals surface area contributed by atoms with E-state index in [1.165, 1.54) is 6.20 Å². The molecule has 0 saturated carbocycles. The van der Waals surface area contributed by atoms with Crippen LogP contribution in [0, 0.1) is 0 Å². The van der Waals surface area contributed by atoms with Crippen LogP contribution in [0.4, 0.5) is 5.82 Å². The van der Waals surface area contributed by atoms with Crippen molar-refractivity contribution in [3.8, 4) is 0 Å². The number of hydrogen-bond donors (Lipinski definition) is 0. The molecule has 2 heterocycles. The Hall–Kier alpha value is -3.00. The SMILES string of the molecule is CCOC(=O)CN(C)c1nc(Cl)ncc1CN1C(=O)c2ccccc2C1=O. The molecule has 0 bridgehead atoms. The lowest BCUT2D eigenvalue weighted by Gasteiger charge is -2.22. The van der Waals surface area contributed by atoms with Gasteiger partial charge in [0.25, 0.3) is 11.8 Å². The van der Waals surface area contributed by atoms with Crippen molar-refractivity contribution in [2.24, 2.45) is 0 Å². The number of likely N-dealkylation sites (N-methyl/N-ethyl adjacent to an activating group) is 1. The lowest BCUT2D eigenvalue weighted by Crippen LogP contribution is -2.32. The quantitative estimate of drug-likeness (QED) is 0.424. The number of carbonyl (C=O) groups excluding carboxylic acids is 3. The van der Waals surface area contributed by atoms with E-state index < -0.39 is 5.97 Å². The third-order valence-corrected chi connectivity index (χ3v) is 4.23. The minimum absolute atomic E-state index is 0.00757. The van der Waals surface area contributed by atoms with Crippen molar-refractivity contribution in [3.63, 3.8) is 0 Å². The first-order valence-corrected chi connectivity index (χ1v) is 8.63. The molecule has 1 aromatic carbocycles. The first-order chi connectivity index (χ1) is 12.9. The Labute approximate surface area is 160 Å². The number of aromatic nitrogens is 2. The first kappa shape index (κ1) is 18.8. The van der Waals surface area contributed by atoms with Crippen molar-refractivity contribution in [2.45, 2.75) is 13.5 Å². The smallest absolute Gasteiger partial charge is 0.325 e. The van der Waals surface area contributed by atoms with Crippen LogP contribution in [0.15, 0.2) is 30.5 Å². The Bertz CT molecular complexity index is 883. The summed E-state index contributed by atoms with van der Waals surface area (Å²) in [5.41, 5.74) is 1.21. The lowest BCUT2D eigenvalue weighted by atomic mass is 10.1. The van der Waals surface area contributed by atoms with Gasteiger partial charge in [0.2, 0.25) is 5.28 Å². The van der Waals surface area contributed by atoms with Gasteiger partial charge < -0.3 is 9.64 Å². The molecule has 0 unspecified atom stereocenters. The number of anilines is 1. The van der Waals surface area contributed by atoms with E-state index in [0.29, 0.717) is 22.5 Å². The van der Waals surface area contributed by atoms with Crippen molar-refractivity contribution >= 4 is 35.2 Å². The highest BCUT2D eigenvalue weighted by molar-refractivity contribution is 6.28. The van der Waals surface area contributed by atoms with Gasteiger partial charge in [-0.15, -0.1) is 0 Å². The van der Waals surface area contributed by atoms with Crippen LogP contribution in [0.2, 0.25) is 5.28 Å². The lowest BCUT2D eigenvalue weighted by molar-refractivity contribution is -0.141. The Balaban J connectivity index is 1.87. The van der Waals surface area contributed by atoms with E-state index in [9.17, 15) is 14.4 Å². The van der Waals surface area contributed by atoms with E-state index in [4.69, 9.17) is 16.3 Å². The molecule has 0 saturated heterocycles. The third-order valence-electron chi connectivity index (χ3n) is 4.05. The van der Waals surface area contributed by atoms with E-state index >= 15 is 0 Å². The zero-order chi connectivity index (χ0) is 19.6. The molecule has 0 aliphatic carbocycles. The second-order valence-corrected chi connectivity index (χ2v) is 6.23. The van der Waals surface area contributed by atoms with Crippen LogP contribution >= 0.6 is 11.6 Å². The average molecular weight is 389 g/mol. The maximum Gasteiger partial charge on any atom is 0.325 e. The largest absolute Gasteiger partial charge is 0.465 e. The number of benzene rings is 1. The van der Waals surface area contributed by atoms with Crippen molar-refractivity contribution in [1.82, 2.24) is 14.9 Å². The number of carbonyl (C=O) groups is 3. The predicted octanol–water partition coefficient (Wildman–Crippen LogP) is 1.93. The normalized spacial score (nSPS) is 12.9. The summed E-state index contributed by atoms with van der Waals surface area (Å²) in [5.74, 6) is -0.852. The molecule has 0 atom stereocenters. The fraction of sp³-hybridized carbons (Fsp3) is 0.278. The molecule has 2 aromatic rings. The summed E-state index contributed by atoms with van der Waals surface area (Å²) in [6.45, 7) is 1.88. The third kappa shape index (κ3) is 3.75. The van der Waals surface area contributed by atoms with E-state index in [-0.39, 0.29) is 36.8 Å². The van der Waals surface area contributed by atoms with Gasteiger partial charge in [0.15, 0.2) is 0 Å². The number of rotatable bonds is 6. The molecule has 0 radical (unpaired) electrons. The van der Waals surface area contributed by atoms with Gasteiger partial charge in [0.05, 0.1) is 24.3 Å². The summed E-state index contributed by atoms with van der Waals surface area (Å²) in [6, 6.07) is 6.64. The molecule has 1 aliphatic rings. The van der Waals surface area contributed by atoms with E-state index in [1.54, 1.807) is 43.1 Å². The fourth-order valence-corrected chi connectivity index (χ4v) is 2.98. The van der Waals surface area contributed by atoms with Gasteiger partial charge >= 0.3 is 5.97 Å². The van der Waals surface area contributed by atoms with Crippen LogP contribution in [0.1, 0.15) is 33.2 Å². The number of nitrogens with zero attached hydrogens (tertiary/aromatic N) is 4. The van der Waals surface area contributed by atoms with Gasteiger partial charge in [-0.25, -0.2) is 9.97 Å². The fourth-order valence-electron chi connectivity index (χ4n) is 2.85. The minimum atomic E-state index is -0.429. The van der Waals surface area contributed by atoms with Crippen molar-refractivity contribution in [1.29, 1.82) is 0 Å². The maximum absolute atomic E-state index is 12.6. The number of imide groups is 1. The van der Waals surface area contributed by atoms with Crippen LogP contribution in [-0.4, -0.2) is 52.9 Å². The van der Waals surface area contributed by atoms with Crippen LogP contribution in [0.3, 0.4) is 0 Å². The summed E-state index contributed by atoms with van der Waals surface area (Å²) in [7, 11) is 1.64. The molecule has 2 amide bonds. The van der Waals surface area contributed by atoms with Crippen LogP contribution in [-0.2, 0) is 16.1 Å². The van der Waals surface area contributed by atoms with Crippen molar-refractivity contribution in [2.75, 3.05) is 25.1 Å². The van der Waals surface area contributed by atoms with Crippen LogP contribution in [0.5, 0.6) is 0 Å². The highest BCUT2D eigenvalue weighted by Crippen LogP contribution is 2.27. The van der Waals surface area contributed by atoms with Crippen LogP contribution < -0.4 is 4.90 Å². The number of fused-ring (bicyclic) bond motifs is 1. The second kappa shape index (κ2) is 7.71. The summed E-state index contributed by atoms with van der Waals surface area (Å²) in [6.07, 6.45) is 1.44. The Morgan fingerprint density at radius 3 is 2.44 bits per heavy atom. The summed E-state index contributed by atoms with van der Waals surface area (Å²) in [5, 5.41) is -0.00757. The number of halogens is 1. The molecule has 27 heavy (non-hydrogen) atoms. The first-order valence-electron chi connectivity index (χ1n) is 8.25. The van der Waals surface area contributed by atoms with E-state index in [1.807, 2.05) is 0 Å². The number of amides is 2. The topological polar surface area (TPSA) is 92.7 Å². The number of esters is 1. The summed E-state index contributed by atoms with van der Waals surface area (Å²) in [4.78, 5) is 47.7. The molecule has 1 aliphatic heterocycles. The molecule has 9 heteroatoms. The minimum Gasteiger partial charge on any atom is -0.465 e. The Morgan fingerprint density at radius 1 is 1.22 bits per heavy atom. The van der Waals surface area contributed by atoms with Gasteiger partial charge in [0.1, 0.15) is 12.4 Å². The van der Waals surface area contributed by atoms with Gasteiger partial charge in [-0.3, -0.25) is 19.3 Å². The molecule has 0 spiro atoms. The van der Waals surface area contributed by atoms with Gasteiger partial charge in [-0.05, 0) is 30.7 Å². The summed E-state index contributed by atoms with van der Waals surface area (Å²) >= 11 is 5.89. The zero-order valence-electron chi connectivity index (χ0n) is 14.8. The van der Waals surface area contributed by atoms with Gasteiger partial charge in [-0.2, -0.15) is 0 Å². The average Bonchev–Trinajstić information content (AvgIpc) is 2.88. The molecule has 8 nitrogen and oxygen atoms in total. The Morgan fingerprint density at radius 2 is 1.85 bits per heavy atom. The molecule has 3 rings (SSSR count). The van der Waals surface area contributed by atoms with Crippen LogP contribution in [0.25, 0.3) is 0 Å². The van der Waals surface area contributed by atoms with Crippen molar-refractivity contribution in [3.05, 3.63) is 52.4 Å². The zero-order valence-corrected chi connectivity index (χ0v) is 15.6. The van der Waals surface area contributed by atoms with Gasteiger partial charge in [0, 0.05) is 18.8 Å². The summed E-state index contributed by atoms with van der Waals surface area (Å²) < 4.78 is 4.94. The van der Waals surface area contributed by atoms with Gasteiger partial charge in [-0.1, -0.05) is 12.1 Å². The molecule has 0 fully saturated rings. The van der Waals surface area contributed by atoms with Crippen molar-refractivity contribution < 1.29 is 19.1 Å². The van der Waals surface area contributed by atoms with E-state index in [2.05, 4.69) is 9.97 Å². The number of ether oxygens (including phenoxy) is 1. The predicted molar refractivity (Wildman–Crippen MR) is 97.6 cm³/mol. The molecule has 1 aromatic heterocycles. The highest BCUT2D eigenvalue weighted by atomic mass is 35.5.